The van der Waals surface area contributed by atoms with Crippen LogP contribution in [-0.2, 0) is 0 Å². The van der Waals surface area contributed by atoms with Gasteiger partial charge in [-0.2, -0.15) is 0 Å². The Morgan fingerprint density at radius 1 is 0.895 bits per heavy atom. The Kier molecular flexibility index (Phi) is 9.59. The number of nitrogens with one attached hydrogen (secondary N) is 1. The van der Waals surface area contributed by atoms with Crippen molar-refractivity contribution in [3.05, 3.63) is 0 Å². The predicted octanol–water partition coefficient (Wildman–Crippen LogP) is 5.54. The molecule has 0 aliphatic heterocycles. The first-order chi connectivity index (χ1) is 9.27. The van der Waals surface area contributed by atoms with E-state index in [0.29, 0.717) is 0 Å². The molecular weight excluding hydrogens is 230 g/mol. The van der Waals surface area contributed by atoms with E-state index < -0.39 is 0 Å². The zero-order chi connectivity index (χ0) is 13.9. The van der Waals surface area contributed by atoms with Crippen LogP contribution in [-0.4, -0.2) is 12.6 Å². The average molecular weight is 268 g/mol. The molecule has 1 fully saturated rings. The van der Waals surface area contributed by atoms with Gasteiger partial charge in [0.15, 0.2) is 0 Å². The molecule has 1 atom stereocenters. The molecule has 1 aliphatic carbocycles. The second-order valence-corrected chi connectivity index (χ2v) is 6.78. The Hall–Kier alpha value is -0.0400. The van der Waals surface area contributed by atoms with Crippen LogP contribution < -0.4 is 5.32 Å². The van der Waals surface area contributed by atoms with Crippen molar-refractivity contribution in [2.24, 2.45) is 11.8 Å². The topological polar surface area (TPSA) is 12.0 Å². The summed E-state index contributed by atoms with van der Waals surface area (Å²) in [6.07, 6.45) is 15.7. The van der Waals surface area contributed by atoms with Gasteiger partial charge in [0.2, 0.25) is 0 Å². The molecule has 1 aliphatic rings. The molecule has 0 spiro atoms. The molecule has 1 heteroatoms. The third-order valence-corrected chi connectivity index (χ3v) is 4.90. The van der Waals surface area contributed by atoms with E-state index in [1.54, 1.807) is 0 Å². The highest BCUT2D eigenvalue weighted by molar-refractivity contribution is 4.81. The van der Waals surface area contributed by atoms with Crippen LogP contribution in [0.15, 0.2) is 0 Å². The van der Waals surface area contributed by atoms with Gasteiger partial charge in [0.05, 0.1) is 0 Å². The van der Waals surface area contributed by atoms with Crippen LogP contribution in [0.1, 0.15) is 91.4 Å². The number of unbranched alkanes of at least 4 members (excludes halogenated alkanes) is 4. The van der Waals surface area contributed by atoms with Crippen LogP contribution in [0.3, 0.4) is 0 Å². The Bertz CT molecular complexity index is 194. The average Bonchev–Trinajstić information content (AvgIpc) is 2.43. The van der Waals surface area contributed by atoms with Crippen molar-refractivity contribution >= 4 is 0 Å². The fourth-order valence-electron chi connectivity index (χ4n) is 3.49. The standard InChI is InChI=1S/C18H37N/c1-4-6-7-8-9-10-18(19-15-5-2)17-13-11-16(3)12-14-17/h16-19H,4-15H2,1-3H3. The molecule has 0 radical (unpaired) electrons. The zero-order valence-corrected chi connectivity index (χ0v) is 13.7. The lowest BCUT2D eigenvalue weighted by Gasteiger charge is -2.33. The minimum atomic E-state index is 0.814. The normalized spacial score (nSPS) is 25.4. The summed E-state index contributed by atoms with van der Waals surface area (Å²) in [5.41, 5.74) is 0. The quantitative estimate of drug-likeness (QED) is 0.512. The molecule has 1 nitrogen and oxygen atoms in total. The second-order valence-electron chi connectivity index (χ2n) is 6.78. The summed E-state index contributed by atoms with van der Waals surface area (Å²) < 4.78 is 0. The van der Waals surface area contributed by atoms with E-state index in [4.69, 9.17) is 0 Å². The third kappa shape index (κ3) is 7.34. The first-order valence-corrected chi connectivity index (χ1v) is 9.01. The summed E-state index contributed by atoms with van der Waals surface area (Å²) in [5, 5.41) is 3.84. The SMILES string of the molecule is CCCCCCCC(NCCC)C1CCC(C)CC1. The highest BCUT2D eigenvalue weighted by Crippen LogP contribution is 2.32. The first kappa shape index (κ1) is 17.0. The van der Waals surface area contributed by atoms with Gasteiger partial charge in [-0.25, -0.2) is 0 Å². The second kappa shape index (κ2) is 10.7. The molecule has 0 amide bonds. The molecule has 19 heavy (non-hydrogen) atoms. The van der Waals surface area contributed by atoms with E-state index >= 15 is 0 Å². The summed E-state index contributed by atoms with van der Waals surface area (Å²) in [4.78, 5) is 0. The minimum Gasteiger partial charge on any atom is -0.314 e. The largest absolute Gasteiger partial charge is 0.314 e. The van der Waals surface area contributed by atoms with E-state index in [1.165, 1.54) is 77.2 Å². The number of hydrogen-bond acceptors (Lipinski definition) is 1. The Balaban J connectivity index is 2.25. The van der Waals surface area contributed by atoms with Crippen molar-refractivity contribution in [3.63, 3.8) is 0 Å². The molecular formula is C18H37N. The van der Waals surface area contributed by atoms with Crippen LogP contribution in [0.5, 0.6) is 0 Å². The lowest BCUT2D eigenvalue weighted by Crippen LogP contribution is -2.38. The lowest BCUT2D eigenvalue weighted by atomic mass is 9.78. The molecule has 1 unspecified atom stereocenters. The smallest absolute Gasteiger partial charge is 0.00953 e. The van der Waals surface area contributed by atoms with Crippen LogP contribution in [0.4, 0.5) is 0 Å². The van der Waals surface area contributed by atoms with E-state index in [9.17, 15) is 0 Å². The van der Waals surface area contributed by atoms with Crippen molar-refractivity contribution in [1.82, 2.24) is 5.32 Å². The Morgan fingerprint density at radius 3 is 2.21 bits per heavy atom. The van der Waals surface area contributed by atoms with Crippen molar-refractivity contribution < 1.29 is 0 Å². The maximum Gasteiger partial charge on any atom is 0.00953 e. The highest BCUT2D eigenvalue weighted by Gasteiger charge is 2.25. The van der Waals surface area contributed by atoms with Crippen molar-refractivity contribution in [1.29, 1.82) is 0 Å². The molecule has 0 saturated heterocycles. The summed E-state index contributed by atoms with van der Waals surface area (Å²) in [7, 11) is 0. The monoisotopic (exact) mass is 267 g/mol. The van der Waals surface area contributed by atoms with Crippen LogP contribution in [0.2, 0.25) is 0 Å². The van der Waals surface area contributed by atoms with E-state index in [-0.39, 0.29) is 0 Å². The first-order valence-electron chi connectivity index (χ1n) is 9.01. The summed E-state index contributed by atoms with van der Waals surface area (Å²) in [6.45, 7) is 8.23. The van der Waals surface area contributed by atoms with Gasteiger partial charge in [-0.3, -0.25) is 0 Å². The van der Waals surface area contributed by atoms with E-state index in [0.717, 1.165) is 17.9 Å². The van der Waals surface area contributed by atoms with Gasteiger partial charge in [-0.1, -0.05) is 65.7 Å². The van der Waals surface area contributed by atoms with E-state index in [1.807, 2.05) is 0 Å². The Labute approximate surface area is 121 Å². The molecule has 0 aromatic carbocycles. The van der Waals surface area contributed by atoms with Gasteiger partial charge in [-0.15, -0.1) is 0 Å². The van der Waals surface area contributed by atoms with Crippen molar-refractivity contribution in [2.45, 2.75) is 97.4 Å². The molecule has 1 N–H and O–H groups in total. The fraction of sp³-hybridized carbons (Fsp3) is 1.00. The molecule has 0 bridgehead atoms. The number of hydrogen-bond donors (Lipinski definition) is 1. The van der Waals surface area contributed by atoms with Gasteiger partial charge in [-0.05, 0) is 44.1 Å². The van der Waals surface area contributed by atoms with Gasteiger partial charge >= 0.3 is 0 Å². The molecule has 1 rings (SSSR count). The number of rotatable bonds is 10. The highest BCUT2D eigenvalue weighted by atomic mass is 14.9. The third-order valence-electron chi connectivity index (χ3n) is 4.90. The van der Waals surface area contributed by atoms with Gasteiger partial charge in [0, 0.05) is 6.04 Å². The summed E-state index contributed by atoms with van der Waals surface area (Å²) in [6, 6.07) is 0.814. The van der Waals surface area contributed by atoms with Gasteiger partial charge < -0.3 is 5.32 Å². The molecule has 114 valence electrons. The van der Waals surface area contributed by atoms with Crippen molar-refractivity contribution in [2.75, 3.05) is 6.54 Å². The van der Waals surface area contributed by atoms with Crippen LogP contribution >= 0.6 is 0 Å². The fourth-order valence-corrected chi connectivity index (χ4v) is 3.49. The predicted molar refractivity (Wildman–Crippen MR) is 86.6 cm³/mol. The van der Waals surface area contributed by atoms with Crippen molar-refractivity contribution in [3.8, 4) is 0 Å². The van der Waals surface area contributed by atoms with Gasteiger partial charge in [0.25, 0.3) is 0 Å². The molecule has 0 heterocycles. The minimum absolute atomic E-state index is 0.814. The zero-order valence-electron chi connectivity index (χ0n) is 13.7. The summed E-state index contributed by atoms with van der Waals surface area (Å²) in [5.74, 6) is 1.95. The molecule has 0 aromatic heterocycles. The maximum atomic E-state index is 3.84. The lowest BCUT2D eigenvalue weighted by molar-refractivity contribution is 0.219. The molecule has 1 saturated carbocycles. The Morgan fingerprint density at radius 2 is 1.58 bits per heavy atom. The molecule has 0 aromatic rings. The van der Waals surface area contributed by atoms with Gasteiger partial charge in [0.1, 0.15) is 0 Å². The maximum absolute atomic E-state index is 3.84. The van der Waals surface area contributed by atoms with E-state index in [2.05, 4.69) is 26.1 Å². The van der Waals surface area contributed by atoms with Crippen LogP contribution in [0.25, 0.3) is 0 Å². The van der Waals surface area contributed by atoms with Crippen LogP contribution in [0, 0.1) is 11.8 Å². The summed E-state index contributed by atoms with van der Waals surface area (Å²) >= 11 is 0.